The normalized spacial score (nSPS) is 11.3. The zero-order valence-electron chi connectivity index (χ0n) is 12.2. The maximum Gasteiger partial charge on any atom is 0.418 e. The van der Waals surface area contributed by atoms with Gasteiger partial charge in [0, 0.05) is 6.20 Å². The van der Waals surface area contributed by atoms with Crippen molar-refractivity contribution >= 4 is 17.5 Å². The van der Waals surface area contributed by atoms with E-state index >= 15 is 0 Å². The fraction of sp³-hybridized carbons (Fsp3) is 0.286. The molecule has 2 aromatic rings. The third-order valence-corrected chi connectivity index (χ3v) is 2.77. The zero-order valence-corrected chi connectivity index (χ0v) is 12.2. The summed E-state index contributed by atoms with van der Waals surface area (Å²) in [6, 6.07) is 3.83. The standard InChI is InChI=1S/C14H15F3N4O2/c1-2-7-23-21(13(22)20-12-8-18-9-19-12)11-6-4-3-5-10(11)14(15,16)17/h3-6,8-9H,2,7H2,1H3,(H,18,19)(H,20,22). The molecule has 0 atom stereocenters. The number of carbonyl (C=O) groups excluding carboxylic acids is 1. The van der Waals surface area contributed by atoms with Crippen molar-refractivity contribution in [2.45, 2.75) is 19.5 Å². The summed E-state index contributed by atoms with van der Waals surface area (Å²) >= 11 is 0. The van der Waals surface area contributed by atoms with Gasteiger partial charge in [-0.05, 0) is 18.6 Å². The van der Waals surface area contributed by atoms with Gasteiger partial charge in [-0.15, -0.1) is 0 Å². The number of aromatic amines is 1. The van der Waals surface area contributed by atoms with E-state index in [1.807, 2.05) is 0 Å². The monoisotopic (exact) mass is 328 g/mol. The number of nitrogens with one attached hydrogen (secondary N) is 2. The van der Waals surface area contributed by atoms with Gasteiger partial charge in [0.25, 0.3) is 0 Å². The van der Waals surface area contributed by atoms with E-state index in [1.54, 1.807) is 6.92 Å². The van der Waals surface area contributed by atoms with Crippen molar-refractivity contribution in [3.8, 4) is 0 Å². The summed E-state index contributed by atoms with van der Waals surface area (Å²) in [7, 11) is 0. The van der Waals surface area contributed by atoms with Crippen molar-refractivity contribution in [1.29, 1.82) is 0 Å². The van der Waals surface area contributed by atoms with Crippen LogP contribution in [0.25, 0.3) is 0 Å². The molecule has 0 saturated carbocycles. The Hall–Kier alpha value is -2.55. The second-order valence-electron chi connectivity index (χ2n) is 4.53. The molecular formula is C14H15F3N4O2. The van der Waals surface area contributed by atoms with Crippen molar-refractivity contribution in [1.82, 2.24) is 9.97 Å². The lowest BCUT2D eigenvalue weighted by atomic mass is 10.1. The van der Waals surface area contributed by atoms with E-state index in [1.165, 1.54) is 30.7 Å². The minimum atomic E-state index is -4.61. The first-order chi connectivity index (χ1) is 10.9. The molecule has 0 unspecified atom stereocenters. The second kappa shape index (κ2) is 7.14. The Labute approximate surface area is 130 Å². The van der Waals surface area contributed by atoms with E-state index in [2.05, 4.69) is 15.3 Å². The number of hydroxylamine groups is 1. The van der Waals surface area contributed by atoms with Crippen LogP contribution in [-0.4, -0.2) is 22.6 Å². The lowest BCUT2D eigenvalue weighted by Crippen LogP contribution is -2.36. The summed E-state index contributed by atoms with van der Waals surface area (Å²) in [6.45, 7) is 1.86. The fourth-order valence-corrected chi connectivity index (χ4v) is 1.80. The van der Waals surface area contributed by atoms with Gasteiger partial charge in [-0.3, -0.25) is 10.2 Å². The highest BCUT2D eigenvalue weighted by Gasteiger charge is 2.36. The quantitative estimate of drug-likeness (QED) is 0.820. The van der Waals surface area contributed by atoms with Crippen LogP contribution in [0.15, 0.2) is 36.8 Å². The van der Waals surface area contributed by atoms with Crippen molar-refractivity contribution in [2.75, 3.05) is 17.0 Å². The Balaban J connectivity index is 2.33. The van der Waals surface area contributed by atoms with Gasteiger partial charge in [0.1, 0.15) is 0 Å². The number of benzene rings is 1. The van der Waals surface area contributed by atoms with Gasteiger partial charge in [0.15, 0.2) is 5.82 Å². The van der Waals surface area contributed by atoms with E-state index in [0.717, 1.165) is 6.07 Å². The molecule has 0 bridgehead atoms. The van der Waals surface area contributed by atoms with E-state index in [0.29, 0.717) is 11.5 Å². The molecule has 9 heteroatoms. The lowest BCUT2D eigenvalue weighted by molar-refractivity contribution is -0.137. The number of para-hydroxylation sites is 1. The van der Waals surface area contributed by atoms with Crippen LogP contribution >= 0.6 is 0 Å². The summed E-state index contributed by atoms with van der Waals surface area (Å²) in [4.78, 5) is 23.9. The van der Waals surface area contributed by atoms with Crippen LogP contribution in [0.5, 0.6) is 0 Å². The minimum Gasteiger partial charge on any atom is -0.349 e. The molecule has 0 radical (unpaired) electrons. The molecule has 0 spiro atoms. The van der Waals surface area contributed by atoms with E-state index in [-0.39, 0.29) is 18.1 Å². The van der Waals surface area contributed by atoms with Crippen molar-refractivity contribution in [3.63, 3.8) is 0 Å². The van der Waals surface area contributed by atoms with Gasteiger partial charge in [-0.1, -0.05) is 19.1 Å². The fourth-order valence-electron chi connectivity index (χ4n) is 1.80. The number of urea groups is 1. The SMILES string of the molecule is CCCON(C(=O)Nc1c[nH]cn1)c1ccccc1C(F)(F)F. The maximum atomic E-state index is 13.1. The van der Waals surface area contributed by atoms with Crippen LogP contribution in [0.1, 0.15) is 18.9 Å². The van der Waals surface area contributed by atoms with Gasteiger partial charge in [0.2, 0.25) is 0 Å². The van der Waals surface area contributed by atoms with Gasteiger partial charge in [-0.2, -0.15) is 18.2 Å². The number of hydrogen-bond donors (Lipinski definition) is 2. The number of hydrogen-bond acceptors (Lipinski definition) is 3. The molecule has 0 aliphatic rings. The van der Waals surface area contributed by atoms with Crippen molar-refractivity contribution in [2.24, 2.45) is 0 Å². The summed E-state index contributed by atoms with van der Waals surface area (Å²) in [6.07, 6.45) is -1.36. The van der Waals surface area contributed by atoms with Crippen LogP contribution in [0.3, 0.4) is 0 Å². The predicted octanol–water partition coefficient (Wildman–Crippen LogP) is 3.81. The Bertz CT molecular complexity index is 644. The Kier molecular flexibility index (Phi) is 5.22. The number of H-pyrrole nitrogens is 1. The molecule has 0 saturated heterocycles. The first-order valence-electron chi connectivity index (χ1n) is 6.82. The van der Waals surface area contributed by atoms with Crippen molar-refractivity contribution in [3.05, 3.63) is 42.4 Å². The molecule has 1 aromatic heterocycles. The summed E-state index contributed by atoms with van der Waals surface area (Å²) in [5, 5.41) is 2.96. The van der Waals surface area contributed by atoms with E-state index in [4.69, 9.17) is 4.84 Å². The molecule has 124 valence electrons. The highest BCUT2D eigenvalue weighted by Crippen LogP contribution is 2.36. The van der Waals surface area contributed by atoms with Gasteiger partial charge in [-0.25, -0.2) is 9.78 Å². The van der Waals surface area contributed by atoms with E-state index in [9.17, 15) is 18.0 Å². The smallest absolute Gasteiger partial charge is 0.349 e. The predicted molar refractivity (Wildman–Crippen MR) is 77.8 cm³/mol. The topological polar surface area (TPSA) is 70.2 Å². The largest absolute Gasteiger partial charge is 0.418 e. The lowest BCUT2D eigenvalue weighted by Gasteiger charge is -2.24. The van der Waals surface area contributed by atoms with Crippen LogP contribution in [0.2, 0.25) is 0 Å². The highest BCUT2D eigenvalue weighted by atomic mass is 19.4. The summed E-state index contributed by atoms with van der Waals surface area (Å²) in [5.74, 6) is 0.171. The second-order valence-corrected chi connectivity index (χ2v) is 4.53. The molecule has 1 heterocycles. The van der Waals surface area contributed by atoms with Gasteiger partial charge >= 0.3 is 12.2 Å². The third-order valence-electron chi connectivity index (χ3n) is 2.77. The highest BCUT2D eigenvalue weighted by molar-refractivity contribution is 6.00. The molecule has 1 aromatic carbocycles. The van der Waals surface area contributed by atoms with Crippen LogP contribution < -0.4 is 10.4 Å². The number of rotatable bonds is 5. The summed E-state index contributed by atoms with van der Waals surface area (Å²) < 4.78 is 39.4. The van der Waals surface area contributed by atoms with Gasteiger partial charge in [0.05, 0.1) is 24.2 Å². The average Bonchev–Trinajstić information content (AvgIpc) is 3.00. The number of imidazole rings is 1. The molecule has 2 N–H and O–H groups in total. The van der Waals surface area contributed by atoms with Gasteiger partial charge < -0.3 is 4.98 Å². The number of halogens is 3. The first-order valence-corrected chi connectivity index (χ1v) is 6.82. The number of nitrogens with zero attached hydrogens (tertiary/aromatic N) is 2. The van der Waals surface area contributed by atoms with Crippen LogP contribution in [-0.2, 0) is 11.0 Å². The Morgan fingerprint density at radius 3 is 2.74 bits per heavy atom. The maximum absolute atomic E-state index is 13.1. The Morgan fingerprint density at radius 1 is 1.39 bits per heavy atom. The van der Waals surface area contributed by atoms with E-state index < -0.39 is 17.8 Å². The molecule has 2 rings (SSSR count). The molecular weight excluding hydrogens is 313 g/mol. The summed E-state index contributed by atoms with van der Waals surface area (Å²) in [5.41, 5.74) is -1.35. The molecule has 23 heavy (non-hydrogen) atoms. The molecule has 0 fully saturated rings. The molecule has 6 nitrogen and oxygen atoms in total. The number of amides is 2. The van der Waals surface area contributed by atoms with Crippen LogP contribution in [0.4, 0.5) is 29.5 Å². The number of anilines is 2. The number of alkyl halides is 3. The molecule has 0 aliphatic carbocycles. The zero-order chi connectivity index (χ0) is 16.9. The number of carbonyl (C=O) groups is 1. The first kappa shape index (κ1) is 16.8. The average molecular weight is 328 g/mol. The number of aromatic nitrogens is 2. The molecule has 0 aliphatic heterocycles. The minimum absolute atomic E-state index is 0.0835. The Morgan fingerprint density at radius 2 is 2.13 bits per heavy atom. The van der Waals surface area contributed by atoms with Crippen molar-refractivity contribution < 1.29 is 22.8 Å². The van der Waals surface area contributed by atoms with Crippen LogP contribution in [0, 0.1) is 0 Å². The molecule has 2 amide bonds. The third kappa shape index (κ3) is 4.22.